The zero-order chi connectivity index (χ0) is 36.3. The van der Waals surface area contributed by atoms with Crippen LogP contribution in [0.15, 0.2) is 149 Å². The Morgan fingerprint density at radius 3 is 2.29 bits per heavy atom. The number of carbonyl (C=O) groups excluding carboxylic acids is 3. The normalized spacial score (nSPS) is 14.3. The molecule has 1 aliphatic rings. The molecule has 0 bridgehead atoms. The number of benzene rings is 4. The molecular weight excluding hydrogens is 769 g/mol. The first-order chi connectivity index (χ1) is 24.7. The lowest BCUT2D eigenvalue weighted by Crippen LogP contribution is -2.42. The molecule has 5 rings (SSSR count). The number of allylic oxidation sites excluding steroid dienone is 4. The maximum absolute atomic E-state index is 14.2. The van der Waals surface area contributed by atoms with Crippen LogP contribution in [-0.4, -0.2) is 33.5 Å². The molecule has 0 unspecified atom stereocenters. The lowest BCUT2D eigenvalue weighted by atomic mass is 9.99. The Balaban J connectivity index is 1.42. The number of carbonyl (C=O) groups is 3. The summed E-state index contributed by atoms with van der Waals surface area (Å²) in [4.78, 5) is 46.9. The predicted molar refractivity (Wildman–Crippen MR) is 211 cm³/mol. The third-order valence-electron chi connectivity index (χ3n) is 7.56. The smallest absolute Gasteiger partial charge is 0.285 e. The first-order valence-corrected chi connectivity index (χ1v) is 18.2. The average molecular weight is 802 g/mol. The number of thioether (sulfide) groups is 1. The minimum Gasteiger partial charge on any atom is -0.488 e. The minimum absolute atomic E-state index is 0.0698. The molecule has 4 aromatic rings. The van der Waals surface area contributed by atoms with E-state index in [1.807, 2.05) is 60.7 Å². The van der Waals surface area contributed by atoms with Gasteiger partial charge in [0, 0.05) is 15.7 Å². The number of hydrogen-bond donors (Lipinski definition) is 1. The van der Waals surface area contributed by atoms with Gasteiger partial charge >= 0.3 is 0 Å². The summed E-state index contributed by atoms with van der Waals surface area (Å²) in [6, 6.07) is 29.3. The third-order valence-corrected chi connectivity index (χ3v) is 9.73. The fraction of sp³-hybridized carbons (Fsp3) is 0.100. The van der Waals surface area contributed by atoms with Crippen molar-refractivity contribution in [2.24, 2.45) is 4.99 Å². The molecule has 51 heavy (non-hydrogen) atoms. The van der Waals surface area contributed by atoms with Crippen molar-refractivity contribution in [3.8, 4) is 5.75 Å². The number of rotatable bonds is 12. The van der Waals surface area contributed by atoms with Gasteiger partial charge < -0.3 is 10.1 Å². The Bertz CT molecular complexity index is 2030. The molecule has 0 aromatic heterocycles. The van der Waals surface area contributed by atoms with E-state index in [0.29, 0.717) is 31.5 Å². The van der Waals surface area contributed by atoms with Crippen LogP contribution in [0.4, 0.5) is 0 Å². The molecule has 3 amide bonds. The molecular formula is C40H32BrCl2N3O4S. The number of amidine groups is 1. The first-order valence-electron chi connectivity index (χ1n) is 15.7. The van der Waals surface area contributed by atoms with E-state index >= 15 is 0 Å². The number of ether oxygens (including phenoxy) is 1. The Morgan fingerprint density at radius 2 is 1.67 bits per heavy atom. The van der Waals surface area contributed by atoms with Gasteiger partial charge in [-0.3, -0.25) is 19.3 Å². The molecule has 0 saturated heterocycles. The summed E-state index contributed by atoms with van der Waals surface area (Å²) in [7, 11) is 0. The van der Waals surface area contributed by atoms with Crippen LogP contribution in [0.2, 0.25) is 10.0 Å². The first kappa shape index (κ1) is 37.6. The molecule has 1 N–H and O–H groups in total. The van der Waals surface area contributed by atoms with Crippen LogP contribution in [0.1, 0.15) is 35.2 Å². The summed E-state index contributed by atoms with van der Waals surface area (Å²) < 4.78 is 6.80. The second kappa shape index (κ2) is 18.0. The number of aliphatic imine (C=N–C) groups is 1. The summed E-state index contributed by atoms with van der Waals surface area (Å²) in [5, 5.41) is 4.00. The van der Waals surface area contributed by atoms with E-state index in [0.717, 1.165) is 28.5 Å². The van der Waals surface area contributed by atoms with E-state index < -0.39 is 17.9 Å². The van der Waals surface area contributed by atoms with E-state index in [4.69, 9.17) is 27.9 Å². The molecule has 1 aliphatic heterocycles. The van der Waals surface area contributed by atoms with Crippen LogP contribution in [0.3, 0.4) is 0 Å². The molecule has 7 nitrogen and oxygen atoms in total. The lowest BCUT2D eigenvalue weighted by Gasteiger charge is -2.28. The van der Waals surface area contributed by atoms with E-state index in [9.17, 15) is 14.4 Å². The van der Waals surface area contributed by atoms with E-state index in [2.05, 4.69) is 32.8 Å². The summed E-state index contributed by atoms with van der Waals surface area (Å²) in [6.45, 7) is 5.66. The molecule has 1 heterocycles. The van der Waals surface area contributed by atoms with Crippen LogP contribution in [0.5, 0.6) is 5.75 Å². The van der Waals surface area contributed by atoms with Gasteiger partial charge in [0.15, 0.2) is 5.17 Å². The summed E-state index contributed by atoms with van der Waals surface area (Å²) >= 11 is 16.7. The second-order valence-electron chi connectivity index (χ2n) is 11.0. The number of amides is 3. The molecule has 258 valence electrons. The molecule has 4 aromatic carbocycles. The second-order valence-corrected chi connectivity index (χ2v) is 13.7. The largest absolute Gasteiger partial charge is 0.488 e. The Morgan fingerprint density at radius 1 is 0.980 bits per heavy atom. The highest BCUT2D eigenvalue weighted by atomic mass is 79.9. The zero-order valence-corrected chi connectivity index (χ0v) is 31.3. The summed E-state index contributed by atoms with van der Waals surface area (Å²) in [5.74, 6) is -1.34. The van der Waals surface area contributed by atoms with Crippen LogP contribution in [0.25, 0.3) is 6.08 Å². The van der Waals surface area contributed by atoms with Gasteiger partial charge in [-0.05, 0) is 66.1 Å². The fourth-order valence-electron chi connectivity index (χ4n) is 5.10. The topological polar surface area (TPSA) is 88.1 Å². The highest BCUT2D eigenvalue weighted by Crippen LogP contribution is 2.31. The van der Waals surface area contributed by atoms with Gasteiger partial charge in [-0.15, -0.1) is 0 Å². The Labute approximate surface area is 319 Å². The van der Waals surface area contributed by atoms with Gasteiger partial charge in [-0.1, -0.05) is 142 Å². The monoisotopic (exact) mass is 799 g/mol. The van der Waals surface area contributed by atoms with Crippen LogP contribution < -0.4 is 10.1 Å². The molecule has 0 radical (unpaired) electrons. The summed E-state index contributed by atoms with van der Waals surface area (Å²) in [6.07, 6.45) is 8.10. The SMILES string of the molecule is C=C/C=C\C(=C/C)N1C(=O)/C(=C/c2cc(Br)ccc2OCc2ccc(Cl)c(Cl)c2)C(=O)N=C1SCC(=O)NC(c1ccccc1)c1ccccc1. The molecule has 0 saturated carbocycles. The summed E-state index contributed by atoms with van der Waals surface area (Å²) in [5.41, 5.74) is 3.35. The Kier molecular flexibility index (Phi) is 13.3. The van der Waals surface area contributed by atoms with Gasteiger partial charge in [0.25, 0.3) is 11.8 Å². The zero-order valence-electron chi connectivity index (χ0n) is 27.4. The van der Waals surface area contributed by atoms with Crippen molar-refractivity contribution in [2.45, 2.75) is 19.6 Å². The van der Waals surface area contributed by atoms with Crippen molar-refractivity contribution in [3.05, 3.63) is 176 Å². The third kappa shape index (κ3) is 9.77. The molecule has 0 aliphatic carbocycles. The van der Waals surface area contributed by atoms with Gasteiger partial charge in [0.2, 0.25) is 5.91 Å². The van der Waals surface area contributed by atoms with Gasteiger partial charge in [-0.25, -0.2) is 0 Å². The van der Waals surface area contributed by atoms with Crippen molar-refractivity contribution in [2.75, 3.05) is 5.75 Å². The maximum atomic E-state index is 14.2. The van der Waals surface area contributed by atoms with Gasteiger partial charge in [-0.2, -0.15) is 4.99 Å². The van der Waals surface area contributed by atoms with Crippen LogP contribution in [0, 0.1) is 0 Å². The molecule has 0 fully saturated rings. The number of nitrogens with zero attached hydrogens (tertiary/aromatic N) is 2. The van der Waals surface area contributed by atoms with Crippen molar-refractivity contribution < 1.29 is 19.1 Å². The van der Waals surface area contributed by atoms with Gasteiger partial charge in [0.1, 0.15) is 17.9 Å². The number of halogens is 3. The standard InChI is InChI=1S/C40H32BrCl2N3O4S/c1-3-5-16-31(4-2)46-39(49)32(23-29-22-30(41)18-20-35(29)50-24-26-17-19-33(42)34(43)21-26)38(48)45-40(46)51-25-36(47)44-37(27-12-8-6-9-13-27)28-14-10-7-11-15-28/h3-23,37H,1,24-25H2,2H3,(H,44,47)/b16-5-,31-4+,32-23+. The van der Waals surface area contributed by atoms with Gasteiger partial charge in [0.05, 0.1) is 21.8 Å². The Hall–Kier alpha value is -4.67. The lowest BCUT2D eigenvalue weighted by molar-refractivity contribution is -0.126. The molecule has 11 heteroatoms. The maximum Gasteiger partial charge on any atom is 0.285 e. The van der Waals surface area contributed by atoms with Crippen molar-refractivity contribution in [1.82, 2.24) is 10.2 Å². The van der Waals surface area contributed by atoms with E-state index in [1.54, 1.807) is 67.6 Å². The highest BCUT2D eigenvalue weighted by Gasteiger charge is 2.35. The molecule has 0 atom stereocenters. The number of hydrogen-bond acceptors (Lipinski definition) is 5. The highest BCUT2D eigenvalue weighted by molar-refractivity contribution is 9.10. The van der Waals surface area contributed by atoms with Crippen molar-refractivity contribution >= 4 is 79.9 Å². The number of nitrogens with one attached hydrogen (secondary N) is 1. The van der Waals surface area contributed by atoms with E-state index in [-0.39, 0.29) is 29.0 Å². The predicted octanol–water partition coefficient (Wildman–Crippen LogP) is 9.73. The van der Waals surface area contributed by atoms with Crippen LogP contribution >= 0.6 is 50.9 Å². The average Bonchev–Trinajstić information content (AvgIpc) is 3.14. The van der Waals surface area contributed by atoms with Crippen molar-refractivity contribution in [3.63, 3.8) is 0 Å². The minimum atomic E-state index is -0.746. The van der Waals surface area contributed by atoms with Crippen molar-refractivity contribution in [1.29, 1.82) is 0 Å². The quantitative estimate of drug-likeness (QED) is 0.0876. The fourth-order valence-corrected chi connectivity index (χ4v) is 6.61. The van der Waals surface area contributed by atoms with E-state index in [1.165, 1.54) is 11.0 Å². The molecule has 0 spiro atoms. The van der Waals surface area contributed by atoms with Crippen LogP contribution in [-0.2, 0) is 21.0 Å².